The molecule has 2 aliphatic heterocycles. The summed E-state index contributed by atoms with van der Waals surface area (Å²) in [5.41, 5.74) is 3.29. The third-order valence-corrected chi connectivity index (χ3v) is 8.83. The van der Waals surface area contributed by atoms with Gasteiger partial charge in [0.25, 0.3) is 0 Å². The second-order valence-corrected chi connectivity index (χ2v) is 12.3. The molecule has 11 heteroatoms. The minimum absolute atomic E-state index is 0. The molecule has 5 aromatic rings. The van der Waals surface area contributed by atoms with Gasteiger partial charge in [0, 0.05) is 34.4 Å². The number of alkyl halides is 6. The highest BCUT2D eigenvalue weighted by molar-refractivity contribution is 5.91. The molecule has 5 nitrogen and oxygen atoms in total. The van der Waals surface area contributed by atoms with Crippen molar-refractivity contribution < 1.29 is 26.3 Å². The molecule has 0 saturated carbocycles. The summed E-state index contributed by atoms with van der Waals surface area (Å²) in [5, 5.41) is 0. The van der Waals surface area contributed by atoms with Crippen LogP contribution in [0.4, 0.5) is 43.7 Å². The van der Waals surface area contributed by atoms with Crippen LogP contribution in [0.25, 0.3) is 22.8 Å². The minimum Gasteiger partial charge on any atom is -0.278 e. The fourth-order valence-corrected chi connectivity index (χ4v) is 6.32. The maximum atomic E-state index is 13.2. The summed E-state index contributed by atoms with van der Waals surface area (Å²) in [6.45, 7) is 8.37. The second-order valence-electron chi connectivity index (χ2n) is 12.3. The average molecular weight is 634 g/mol. The second kappa shape index (κ2) is 10.1. The summed E-state index contributed by atoms with van der Waals surface area (Å²) in [4.78, 5) is 20.1. The molecule has 0 spiro atoms. The fourth-order valence-electron chi connectivity index (χ4n) is 6.32. The lowest BCUT2D eigenvalue weighted by Gasteiger charge is -2.48. The lowest BCUT2D eigenvalue weighted by Crippen LogP contribution is -2.39. The number of nitrogens with zero attached hydrogens (tertiary/aromatic N) is 5. The Labute approximate surface area is 262 Å². The molecule has 0 unspecified atom stereocenters. The van der Waals surface area contributed by atoms with Crippen LogP contribution in [0.3, 0.4) is 0 Å². The van der Waals surface area contributed by atoms with Gasteiger partial charge in [0.1, 0.15) is 11.6 Å². The number of hydrogen-bond acceptors (Lipinski definition) is 5. The molecule has 0 amide bonds. The molecule has 2 aliphatic rings. The van der Waals surface area contributed by atoms with E-state index in [4.69, 9.17) is 9.97 Å². The molecule has 0 N–H and O–H groups in total. The Hall–Kier alpha value is -4.80. The highest BCUT2D eigenvalue weighted by atomic mass is 19.4. The van der Waals surface area contributed by atoms with Crippen molar-refractivity contribution in [1.82, 2.24) is 19.9 Å². The Morgan fingerprint density at radius 2 is 0.913 bits per heavy atom. The molecular formula is C35H29F6N5. The van der Waals surface area contributed by atoms with Crippen molar-refractivity contribution in [3.63, 3.8) is 0 Å². The zero-order valence-electron chi connectivity index (χ0n) is 24.5. The number of benzene rings is 1. The van der Waals surface area contributed by atoms with E-state index in [0.717, 1.165) is 52.5 Å². The fraction of sp³-hybridized carbons (Fsp3) is 0.257. The first-order valence-electron chi connectivity index (χ1n) is 14.1. The van der Waals surface area contributed by atoms with Gasteiger partial charge in [-0.3, -0.25) is 14.9 Å². The van der Waals surface area contributed by atoms with Crippen LogP contribution in [-0.2, 0) is 23.2 Å². The molecule has 0 saturated heterocycles. The SMILES string of the molecule is C.CC1(C)c2ccc(-c3ccc(C(F)(F)F)cn3)nc2N2c3nc(-c4ccc(C(F)(F)F)cn4)ccc3C(C)(C)c3cccc1c32. The van der Waals surface area contributed by atoms with Crippen LogP contribution in [0.15, 0.2) is 79.1 Å². The number of hydrogen-bond donors (Lipinski definition) is 0. The molecule has 236 valence electrons. The summed E-state index contributed by atoms with van der Waals surface area (Å²) >= 11 is 0. The quantitative estimate of drug-likeness (QED) is 0.181. The molecule has 0 bridgehead atoms. The predicted octanol–water partition coefficient (Wildman–Crippen LogP) is 10.0. The first-order valence-corrected chi connectivity index (χ1v) is 14.1. The van der Waals surface area contributed by atoms with E-state index >= 15 is 0 Å². The molecule has 7 rings (SSSR count). The number of para-hydroxylation sites is 1. The van der Waals surface area contributed by atoms with E-state index in [-0.39, 0.29) is 18.8 Å². The van der Waals surface area contributed by atoms with Gasteiger partial charge in [-0.2, -0.15) is 26.3 Å². The molecular weight excluding hydrogens is 604 g/mol. The van der Waals surface area contributed by atoms with Crippen molar-refractivity contribution in [1.29, 1.82) is 0 Å². The van der Waals surface area contributed by atoms with Gasteiger partial charge in [-0.1, -0.05) is 65.5 Å². The number of rotatable bonds is 2. The molecule has 1 aromatic carbocycles. The lowest BCUT2D eigenvalue weighted by atomic mass is 9.67. The lowest BCUT2D eigenvalue weighted by molar-refractivity contribution is -0.138. The van der Waals surface area contributed by atoms with Crippen molar-refractivity contribution in [2.75, 3.05) is 4.90 Å². The number of halogens is 6. The van der Waals surface area contributed by atoms with E-state index in [2.05, 4.69) is 49.8 Å². The summed E-state index contributed by atoms with van der Waals surface area (Å²) in [7, 11) is 0. The third kappa shape index (κ3) is 4.63. The number of fused-ring (bicyclic) bond motifs is 4. The van der Waals surface area contributed by atoms with Crippen LogP contribution < -0.4 is 4.90 Å². The van der Waals surface area contributed by atoms with Gasteiger partial charge < -0.3 is 0 Å². The van der Waals surface area contributed by atoms with Crippen molar-refractivity contribution in [2.45, 2.75) is 58.3 Å². The first-order chi connectivity index (χ1) is 21.1. The highest BCUT2D eigenvalue weighted by Crippen LogP contribution is 2.59. The van der Waals surface area contributed by atoms with E-state index in [1.165, 1.54) is 12.1 Å². The van der Waals surface area contributed by atoms with Gasteiger partial charge in [0.15, 0.2) is 0 Å². The summed E-state index contributed by atoms with van der Waals surface area (Å²) in [6.07, 6.45) is -7.46. The Balaban J connectivity index is 0.00000372. The van der Waals surface area contributed by atoms with Crippen molar-refractivity contribution >= 4 is 17.3 Å². The Morgan fingerprint density at radius 1 is 0.522 bits per heavy atom. The average Bonchev–Trinajstić information content (AvgIpc) is 2.99. The number of pyridine rings is 4. The van der Waals surface area contributed by atoms with Crippen LogP contribution >= 0.6 is 0 Å². The maximum absolute atomic E-state index is 13.2. The van der Waals surface area contributed by atoms with E-state index in [0.29, 0.717) is 23.0 Å². The molecule has 4 aromatic heterocycles. The molecule has 0 radical (unpaired) electrons. The van der Waals surface area contributed by atoms with Crippen LogP contribution in [0, 0.1) is 0 Å². The van der Waals surface area contributed by atoms with Crippen LogP contribution in [0.1, 0.15) is 68.5 Å². The van der Waals surface area contributed by atoms with Crippen LogP contribution in [0.5, 0.6) is 0 Å². The molecule has 0 fully saturated rings. The summed E-state index contributed by atoms with van der Waals surface area (Å²) in [5.74, 6) is 1.09. The standard InChI is InChI=1S/C34H25F6N5.CH4/c1-31(2)20-6-5-7-21-28(20)45(29-22(31)10-14-26(43-29)24-12-8-18(16-41-24)33(35,36)37)30-23(32(21,3)4)11-15-27(44-30)25-13-9-19(17-42-25)34(38,39)40;/h5-17H,1-4H3;1H4. The normalized spacial score (nSPS) is 15.7. The van der Waals surface area contributed by atoms with Crippen LogP contribution in [0.2, 0.25) is 0 Å². The highest BCUT2D eigenvalue weighted by Gasteiger charge is 2.47. The van der Waals surface area contributed by atoms with Crippen molar-refractivity contribution in [2.24, 2.45) is 0 Å². The molecule has 6 heterocycles. The van der Waals surface area contributed by atoms with E-state index in [9.17, 15) is 26.3 Å². The van der Waals surface area contributed by atoms with Gasteiger partial charge >= 0.3 is 12.4 Å². The van der Waals surface area contributed by atoms with E-state index in [1.54, 1.807) is 12.1 Å². The predicted molar refractivity (Wildman–Crippen MR) is 164 cm³/mol. The van der Waals surface area contributed by atoms with Gasteiger partial charge in [-0.15, -0.1) is 0 Å². The van der Waals surface area contributed by atoms with Gasteiger partial charge in [-0.05, 0) is 47.5 Å². The zero-order valence-corrected chi connectivity index (χ0v) is 24.5. The molecule has 0 atom stereocenters. The van der Waals surface area contributed by atoms with Gasteiger partial charge in [0.05, 0.1) is 39.6 Å². The van der Waals surface area contributed by atoms with Gasteiger partial charge in [0.2, 0.25) is 0 Å². The first kappa shape index (κ1) is 31.2. The Kier molecular flexibility index (Phi) is 6.85. The molecule has 0 aliphatic carbocycles. The van der Waals surface area contributed by atoms with Gasteiger partial charge in [-0.25, -0.2) is 9.97 Å². The number of aromatic nitrogens is 4. The topological polar surface area (TPSA) is 54.8 Å². The minimum atomic E-state index is -4.52. The summed E-state index contributed by atoms with van der Waals surface area (Å²) in [6, 6.07) is 18.0. The van der Waals surface area contributed by atoms with Crippen molar-refractivity contribution in [3.05, 3.63) is 113 Å². The zero-order chi connectivity index (χ0) is 32.1. The van der Waals surface area contributed by atoms with Crippen molar-refractivity contribution in [3.8, 4) is 22.8 Å². The Bertz CT molecular complexity index is 1840. The monoisotopic (exact) mass is 633 g/mol. The smallest absolute Gasteiger partial charge is 0.278 e. The Morgan fingerprint density at radius 3 is 1.26 bits per heavy atom. The van der Waals surface area contributed by atoms with E-state index in [1.807, 2.05) is 23.1 Å². The maximum Gasteiger partial charge on any atom is 0.417 e. The summed E-state index contributed by atoms with van der Waals surface area (Å²) < 4.78 is 79.3. The number of anilines is 3. The largest absolute Gasteiger partial charge is 0.417 e. The van der Waals surface area contributed by atoms with E-state index < -0.39 is 34.3 Å². The van der Waals surface area contributed by atoms with Crippen LogP contribution in [-0.4, -0.2) is 19.9 Å². The molecule has 46 heavy (non-hydrogen) atoms. The third-order valence-electron chi connectivity index (χ3n) is 8.83.